The van der Waals surface area contributed by atoms with Crippen LogP contribution in [0.15, 0.2) is 12.3 Å². The molecule has 1 aliphatic rings. The summed E-state index contributed by atoms with van der Waals surface area (Å²) in [5.74, 6) is -0.0732. The lowest BCUT2D eigenvalue weighted by Crippen LogP contribution is -2.10. The fourth-order valence-corrected chi connectivity index (χ4v) is 1.37. The fourth-order valence-electron chi connectivity index (χ4n) is 1.37. The Hall–Kier alpha value is -1.78. The number of nitrogens with one attached hydrogen (secondary N) is 1. The number of hydrogen-bond acceptors (Lipinski definition) is 4. The van der Waals surface area contributed by atoms with Crippen molar-refractivity contribution < 1.29 is 9.90 Å². The molecule has 0 saturated heterocycles. The van der Waals surface area contributed by atoms with Gasteiger partial charge in [-0.25, -0.2) is 9.78 Å². The van der Waals surface area contributed by atoms with E-state index in [1.165, 1.54) is 25.1 Å². The summed E-state index contributed by atoms with van der Waals surface area (Å²) in [5, 5.41) is 12.0. The second-order valence-corrected chi connectivity index (χ2v) is 3.78. The van der Waals surface area contributed by atoms with E-state index in [0.717, 1.165) is 6.54 Å². The molecule has 0 unspecified atom stereocenters. The molecule has 1 aromatic rings. The second-order valence-electron chi connectivity index (χ2n) is 3.78. The van der Waals surface area contributed by atoms with Gasteiger partial charge in [0.2, 0.25) is 0 Å². The lowest BCUT2D eigenvalue weighted by Gasteiger charge is -2.08. The average molecular weight is 207 g/mol. The summed E-state index contributed by atoms with van der Waals surface area (Å²) in [4.78, 5) is 14.8. The molecule has 1 aromatic heterocycles. The highest BCUT2D eigenvalue weighted by Crippen LogP contribution is 2.29. The molecule has 2 rings (SSSR count). The van der Waals surface area contributed by atoms with Crippen molar-refractivity contribution >= 4 is 17.5 Å². The largest absolute Gasteiger partial charge is 0.478 e. The molecule has 0 bridgehead atoms. The standard InChI is InChI=1S/C10H13N3O2/c11-9-3-7(10(14)15)8(5-13-9)12-4-6-1-2-6/h3,5-6,12H,1-2,4H2,(H2,11,13)(H,14,15). The number of carboxylic acids is 1. The molecule has 0 radical (unpaired) electrons. The predicted octanol–water partition coefficient (Wildman–Crippen LogP) is 1.18. The summed E-state index contributed by atoms with van der Waals surface area (Å²) in [6.07, 6.45) is 3.91. The maximum absolute atomic E-state index is 10.9. The van der Waals surface area contributed by atoms with Gasteiger partial charge in [0.25, 0.3) is 0 Å². The van der Waals surface area contributed by atoms with Gasteiger partial charge in [0, 0.05) is 6.54 Å². The van der Waals surface area contributed by atoms with E-state index in [4.69, 9.17) is 10.8 Å². The van der Waals surface area contributed by atoms with Crippen molar-refractivity contribution in [3.05, 3.63) is 17.8 Å². The van der Waals surface area contributed by atoms with Gasteiger partial charge in [-0.2, -0.15) is 0 Å². The molecule has 1 aliphatic carbocycles. The van der Waals surface area contributed by atoms with Gasteiger partial charge in [0.05, 0.1) is 17.4 Å². The molecule has 0 spiro atoms. The van der Waals surface area contributed by atoms with Crippen LogP contribution in [0, 0.1) is 5.92 Å². The van der Waals surface area contributed by atoms with Crippen LogP contribution in [0.3, 0.4) is 0 Å². The van der Waals surface area contributed by atoms with Gasteiger partial charge in [-0.3, -0.25) is 0 Å². The van der Waals surface area contributed by atoms with Crippen LogP contribution in [0.25, 0.3) is 0 Å². The quantitative estimate of drug-likeness (QED) is 0.690. The molecule has 0 atom stereocenters. The summed E-state index contributed by atoms with van der Waals surface area (Å²) >= 11 is 0. The van der Waals surface area contributed by atoms with Crippen LogP contribution in [0.5, 0.6) is 0 Å². The van der Waals surface area contributed by atoms with Crippen LogP contribution < -0.4 is 11.1 Å². The number of rotatable bonds is 4. The summed E-state index contributed by atoms with van der Waals surface area (Å²) in [5.41, 5.74) is 6.16. The maximum Gasteiger partial charge on any atom is 0.337 e. The highest BCUT2D eigenvalue weighted by Gasteiger charge is 2.21. The first-order valence-corrected chi connectivity index (χ1v) is 4.89. The number of nitrogen functional groups attached to an aromatic ring is 1. The predicted molar refractivity (Wildman–Crippen MR) is 56.8 cm³/mol. The van der Waals surface area contributed by atoms with Crippen molar-refractivity contribution in [1.29, 1.82) is 0 Å². The van der Waals surface area contributed by atoms with Crippen LogP contribution in [0.1, 0.15) is 23.2 Å². The van der Waals surface area contributed by atoms with E-state index in [-0.39, 0.29) is 11.4 Å². The lowest BCUT2D eigenvalue weighted by atomic mass is 10.2. The highest BCUT2D eigenvalue weighted by molar-refractivity contribution is 5.94. The number of carboxylic acid groups (broad SMARTS) is 1. The highest BCUT2D eigenvalue weighted by atomic mass is 16.4. The van der Waals surface area contributed by atoms with Gasteiger partial charge in [-0.1, -0.05) is 0 Å². The van der Waals surface area contributed by atoms with E-state index in [0.29, 0.717) is 11.6 Å². The zero-order chi connectivity index (χ0) is 10.8. The number of nitrogens with zero attached hydrogens (tertiary/aromatic N) is 1. The van der Waals surface area contributed by atoms with E-state index >= 15 is 0 Å². The van der Waals surface area contributed by atoms with E-state index < -0.39 is 5.97 Å². The van der Waals surface area contributed by atoms with Gasteiger partial charge < -0.3 is 16.2 Å². The van der Waals surface area contributed by atoms with Crippen LogP contribution in [0.4, 0.5) is 11.5 Å². The SMILES string of the molecule is Nc1cc(C(=O)O)c(NCC2CC2)cn1. The number of pyridine rings is 1. The summed E-state index contributed by atoms with van der Waals surface area (Å²) in [7, 11) is 0. The minimum Gasteiger partial charge on any atom is -0.478 e. The van der Waals surface area contributed by atoms with Crippen molar-refractivity contribution in [2.45, 2.75) is 12.8 Å². The summed E-state index contributed by atoms with van der Waals surface area (Å²) in [6.45, 7) is 0.811. The van der Waals surface area contributed by atoms with E-state index in [2.05, 4.69) is 10.3 Å². The zero-order valence-electron chi connectivity index (χ0n) is 8.23. The Morgan fingerprint density at radius 3 is 3.00 bits per heavy atom. The van der Waals surface area contributed by atoms with Gasteiger partial charge in [0.15, 0.2) is 0 Å². The Bertz CT molecular complexity index is 388. The van der Waals surface area contributed by atoms with Crippen LogP contribution in [0.2, 0.25) is 0 Å². The van der Waals surface area contributed by atoms with Gasteiger partial charge in [0.1, 0.15) is 5.82 Å². The van der Waals surface area contributed by atoms with Crippen molar-refractivity contribution in [2.75, 3.05) is 17.6 Å². The maximum atomic E-state index is 10.9. The molecule has 0 aromatic carbocycles. The van der Waals surface area contributed by atoms with Crippen molar-refractivity contribution in [3.8, 4) is 0 Å². The molecule has 15 heavy (non-hydrogen) atoms. The second kappa shape index (κ2) is 3.76. The van der Waals surface area contributed by atoms with Crippen LogP contribution in [-0.2, 0) is 0 Å². The normalized spacial score (nSPS) is 14.9. The molecular weight excluding hydrogens is 194 g/mol. The van der Waals surface area contributed by atoms with Crippen molar-refractivity contribution in [2.24, 2.45) is 5.92 Å². The summed E-state index contributed by atoms with van der Waals surface area (Å²) in [6, 6.07) is 1.37. The van der Waals surface area contributed by atoms with E-state index in [9.17, 15) is 4.79 Å². The minimum atomic E-state index is -0.984. The number of hydrogen-bond donors (Lipinski definition) is 3. The molecule has 0 aliphatic heterocycles. The number of nitrogens with two attached hydrogens (primary N) is 1. The fraction of sp³-hybridized carbons (Fsp3) is 0.400. The van der Waals surface area contributed by atoms with Crippen molar-refractivity contribution in [3.63, 3.8) is 0 Å². The molecule has 1 fully saturated rings. The number of aromatic nitrogens is 1. The van der Waals surface area contributed by atoms with Gasteiger partial charge in [-0.15, -0.1) is 0 Å². The average Bonchev–Trinajstić information content (AvgIpc) is 2.99. The van der Waals surface area contributed by atoms with Gasteiger partial charge >= 0.3 is 5.97 Å². The number of aromatic carboxylic acids is 1. The van der Waals surface area contributed by atoms with E-state index in [1.807, 2.05) is 0 Å². The molecule has 4 N–H and O–H groups in total. The first-order valence-electron chi connectivity index (χ1n) is 4.89. The molecule has 80 valence electrons. The third-order valence-corrected chi connectivity index (χ3v) is 2.43. The van der Waals surface area contributed by atoms with Crippen molar-refractivity contribution in [1.82, 2.24) is 4.98 Å². The molecule has 1 heterocycles. The summed E-state index contributed by atoms with van der Waals surface area (Å²) < 4.78 is 0. The van der Waals surface area contributed by atoms with Crippen LogP contribution in [-0.4, -0.2) is 22.6 Å². The topological polar surface area (TPSA) is 88.2 Å². The molecule has 0 amide bonds. The Labute approximate surface area is 87.3 Å². The first kappa shape index (κ1) is 9.76. The monoisotopic (exact) mass is 207 g/mol. The third-order valence-electron chi connectivity index (χ3n) is 2.43. The number of carbonyl (C=O) groups is 1. The number of anilines is 2. The first-order chi connectivity index (χ1) is 7.16. The zero-order valence-corrected chi connectivity index (χ0v) is 8.23. The molecule has 5 heteroatoms. The smallest absolute Gasteiger partial charge is 0.337 e. The Morgan fingerprint density at radius 2 is 2.40 bits per heavy atom. The Kier molecular flexibility index (Phi) is 2.45. The molecule has 5 nitrogen and oxygen atoms in total. The van der Waals surface area contributed by atoms with E-state index in [1.54, 1.807) is 0 Å². The minimum absolute atomic E-state index is 0.183. The van der Waals surface area contributed by atoms with Gasteiger partial charge in [-0.05, 0) is 24.8 Å². The Balaban J connectivity index is 2.15. The molecular formula is C10H13N3O2. The lowest BCUT2D eigenvalue weighted by molar-refractivity contribution is 0.0698. The third kappa shape index (κ3) is 2.37. The molecule has 1 saturated carbocycles. The Morgan fingerprint density at radius 1 is 1.67 bits per heavy atom. The van der Waals surface area contributed by atoms with Crippen LogP contribution >= 0.6 is 0 Å².